The summed E-state index contributed by atoms with van der Waals surface area (Å²) in [6.45, 7) is 4.38. The molecule has 2 heterocycles. The third kappa shape index (κ3) is 3.64. The lowest BCUT2D eigenvalue weighted by molar-refractivity contribution is -0.121. The highest BCUT2D eigenvalue weighted by Gasteiger charge is 2.11. The van der Waals surface area contributed by atoms with Gasteiger partial charge in [0.2, 0.25) is 5.91 Å². The number of carbonyl (C=O) groups excluding carboxylic acids is 1. The van der Waals surface area contributed by atoms with Crippen molar-refractivity contribution in [1.82, 2.24) is 15.3 Å². The first-order chi connectivity index (χ1) is 9.16. The summed E-state index contributed by atoms with van der Waals surface area (Å²) in [5.74, 6) is 1.01. The molecular weight excluding hydrogens is 242 g/mol. The fraction of sp³-hybridized carbons (Fsp3) is 0.357. The van der Waals surface area contributed by atoms with Crippen molar-refractivity contribution >= 4 is 5.91 Å². The second-order valence-corrected chi connectivity index (χ2v) is 4.70. The summed E-state index contributed by atoms with van der Waals surface area (Å²) in [6.07, 6.45) is 5.31. The van der Waals surface area contributed by atoms with Crippen LogP contribution in [0.4, 0.5) is 0 Å². The SMILES string of the molecule is CC(C)CC(=O)NCc1nccnc1-c1ccco1. The first-order valence-electron chi connectivity index (χ1n) is 6.27. The fourth-order valence-electron chi connectivity index (χ4n) is 1.74. The van der Waals surface area contributed by atoms with E-state index in [1.165, 1.54) is 0 Å². The average Bonchev–Trinajstić information content (AvgIpc) is 2.89. The Morgan fingerprint density at radius 3 is 2.84 bits per heavy atom. The van der Waals surface area contributed by atoms with Crippen LogP contribution in [0.3, 0.4) is 0 Å². The van der Waals surface area contributed by atoms with E-state index in [1.54, 1.807) is 24.7 Å². The summed E-state index contributed by atoms with van der Waals surface area (Å²) < 4.78 is 5.32. The maximum atomic E-state index is 11.6. The third-order valence-electron chi connectivity index (χ3n) is 2.58. The Hall–Kier alpha value is -2.17. The highest BCUT2D eigenvalue weighted by atomic mass is 16.3. The third-order valence-corrected chi connectivity index (χ3v) is 2.58. The Morgan fingerprint density at radius 2 is 2.16 bits per heavy atom. The molecule has 0 aliphatic carbocycles. The number of hydrogen-bond acceptors (Lipinski definition) is 4. The number of aromatic nitrogens is 2. The second kappa shape index (κ2) is 6.13. The molecule has 5 nitrogen and oxygen atoms in total. The van der Waals surface area contributed by atoms with Gasteiger partial charge in [-0.25, -0.2) is 4.98 Å². The molecule has 0 fully saturated rings. The van der Waals surface area contributed by atoms with Crippen LogP contribution >= 0.6 is 0 Å². The van der Waals surface area contributed by atoms with Crippen LogP contribution in [0.2, 0.25) is 0 Å². The molecule has 2 aromatic heterocycles. The minimum Gasteiger partial charge on any atom is -0.463 e. The van der Waals surface area contributed by atoms with E-state index in [-0.39, 0.29) is 5.91 Å². The highest BCUT2D eigenvalue weighted by Crippen LogP contribution is 2.19. The molecular formula is C14H17N3O2. The Balaban J connectivity index is 2.07. The molecule has 0 aromatic carbocycles. The first-order valence-corrected chi connectivity index (χ1v) is 6.27. The summed E-state index contributed by atoms with van der Waals surface area (Å²) in [6, 6.07) is 3.62. The highest BCUT2D eigenvalue weighted by molar-refractivity contribution is 5.76. The molecule has 19 heavy (non-hydrogen) atoms. The van der Waals surface area contributed by atoms with Crippen molar-refractivity contribution in [2.24, 2.45) is 5.92 Å². The lowest BCUT2D eigenvalue weighted by Gasteiger charge is -2.08. The summed E-state index contributed by atoms with van der Waals surface area (Å²) in [5, 5.41) is 2.85. The Morgan fingerprint density at radius 1 is 1.37 bits per heavy atom. The monoisotopic (exact) mass is 259 g/mol. The number of hydrogen-bond donors (Lipinski definition) is 1. The van der Waals surface area contributed by atoms with Crippen molar-refractivity contribution in [3.63, 3.8) is 0 Å². The molecule has 2 aromatic rings. The van der Waals surface area contributed by atoms with Gasteiger partial charge in [0.25, 0.3) is 0 Å². The van der Waals surface area contributed by atoms with Crippen LogP contribution in [-0.2, 0) is 11.3 Å². The Bertz CT molecular complexity index is 535. The molecule has 1 amide bonds. The molecule has 0 aliphatic rings. The van der Waals surface area contributed by atoms with Gasteiger partial charge in [0.15, 0.2) is 5.76 Å². The van der Waals surface area contributed by atoms with Crippen LogP contribution in [0.1, 0.15) is 26.0 Å². The van der Waals surface area contributed by atoms with Gasteiger partial charge < -0.3 is 9.73 Å². The molecule has 0 saturated carbocycles. The van der Waals surface area contributed by atoms with Crippen LogP contribution in [-0.4, -0.2) is 15.9 Å². The smallest absolute Gasteiger partial charge is 0.220 e. The number of carbonyl (C=O) groups is 1. The topological polar surface area (TPSA) is 68.0 Å². The van der Waals surface area contributed by atoms with Gasteiger partial charge in [0.1, 0.15) is 5.69 Å². The van der Waals surface area contributed by atoms with E-state index in [9.17, 15) is 4.79 Å². The zero-order valence-corrected chi connectivity index (χ0v) is 11.1. The van der Waals surface area contributed by atoms with Crippen molar-refractivity contribution in [1.29, 1.82) is 0 Å². The number of amides is 1. The largest absolute Gasteiger partial charge is 0.463 e. The van der Waals surface area contributed by atoms with Crippen molar-refractivity contribution in [3.05, 3.63) is 36.5 Å². The van der Waals surface area contributed by atoms with E-state index < -0.39 is 0 Å². The van der Waals surface area contributed by atoms with E-state index in [0.717, 1.165) is 0 Å². The Labute approximate surface area is 112 Å². The lowest BCUT2D eigenvalue weighted by Crippen LogP contribution is -2.24. The van der Waals surface area contributed by atoms with Gasteiger partial charge >= 0.3 is 0 Å². The minimum atomic E-state index is 0.0195. The van der Waals surface area contributed by atoms with Crippen LogP contribution in [0.15, 0.2) is 35.2 Å². The molecule has 0 spiro atoms. The zero-order valence-electron chi connectivity index (χ0n) is 11.1. The molecule has 1 N–H and O–H groups in total. The van der Waals surface area contributed by atoms with E-state index in [2.05, 4.69) is 15.3 Å². The maximum absolute atomic E-state index is 11.6. The van der Waals surface area contributed by atoms with Gasteiger partial charge in [-0.2, -0.15) is 0 Å². The van der Waals surface area contributed by atoms with Crippen LogP contribution in [0.5, 0.6) is 0 Å². The van der Waals surface area contributed by atoms with Gasteiger partial charge in [-0.15, -0.1) is 0 Å². The van der Waals surface area contributed by atoms with Crippen molar-refractivity contribution in [3.8, 4) is 11.5 Å². The van der Waals surface area contributed by atoms with Crippen LogP contribution in [0.25, 0.3) is 11.5 Å². The van der Waals surface area contributed by atoms with E-state index in [4.69, 9.17) is 4.42 Å². The molecule has 0 unspecified atom stereocenters. The zero-order chi connectivity index (χ0) is 13.7. The number of nitrogens with zero attached hydrogens (tertiary/aromatic N) is 2. The summed E-state index contributed by atoms with van der Waals surface area (Å²) >= 11 is 0. The standard InChI is InChI=1S/C14H17N3O2/c1-10(2)8-13(18)17-9-11-14(16-6-5-15-11)12-4-3-7-19-12/h3-7,10H,8-9H2,1-2H3,(H,17,18). The summed E-state index contributed by atoms with van der Waals surface area (Å²) in [4.78, 5) is 20.1. The van der Waals surface area contributed by atoms with E-state index in [1.807, 2.05) is 19.9 Å². The second-order valence-electron chi connectivity index (χ2n) is 4.70. The quantitative estimate of drug-likeness (QED) is 0.895. The molecule has 2 rings (SSSR count). The van der Waals surface area contributed by atoms with Gasteiger partial charge in [0, 0.05) is 18.8 Å². The summed E-state index contributed by atoms with van der Waals surface area (Å²) in [7, 11) is 0. The molecule has 0 bridgehead atoms. The van der Waals surface area contributed by atoms with Crippen LogP contribution in [0, 0.1) is 5.92 Å². The number of furan rings is 1. The number of nitrogens with one attached hydrogen (secondary N) is 1. The summed E-state index contributed by atoms with van der Waals surface area (Å²) in [5.41, 5.74) is 1.37. The predicted molar refractivity (Wildman–Crippen MR) is 71.0 cm³/mol. The average molecular weight is 259 g/mol. The van der Waals surface area contributed by atoms with E-state index in [0.29, 0.717) is 36.0 Å². The number of rotatable bonds is 5. The Kier molecular flexibility index (Phi) is 4.28. The normalized spacial score (nSPS) is 10.7. The van der Waals surface area contributed by atoms with E-state index >= 15 is 0 Å². The fourth-order valence-corrected chi connectivity index (χ4v) is 1.74. The molecule has 0 saturated heterocycles. The minimum absolute atomic E-state index is 0.0195. The van der Waals surface area contributed by atoms with Gasteiger partial charge in [-0.05, 0) is 18.1 Å². The molecule has 0 atom stereocenters. The molecule has 5 heteroatoms. The van der Waals surface area contributed by atoms with Crippen molar-refractivity contribution < 1.29 is 9.21 Å². The van der Waals surface area contributed by atoms with Crippen molar-refractivity contribution in [2.45, 2.75) is 26.8 Å². The molecule has 100 valence electrons. The first kappa shape index (κ1) is 13.3. The van der Waals surface area contributed by atoms with Crippen LogP contribution < -0.4 is 5.32 Å². The molecule has 0 radical (unpaired) electrons. The maximum Gasteiger partial charge on any atom is 0.220 e. The van der Waals surface area contributed by atoms with Gasteiger partial charge in [0.05, 0.1) is 18.5 Å². The van der Waals surface area contributed by atoms with Gasteiger partial charge in [-0.1, -0.05) is 13.8 Å². The van der Waals surface area contributed by atoms with Crippen molar-refractivity contribution in [2.75, 3.05) is 0 Å². The van der Waals surface area contributed by atoms with Gasteiger partial charge in [-0.3, -0.25) is 9.78 Å². The molecule has 0 aliphatic heterocycles. The predicted octanol–water partition coefficient (Wildman–Crippen LogP) is 2.40. The lowest BCUT2D eigenvalue weighted by atomic mass is 10.1.